The smallest absolute Gasteiger partial charge is 0.251 e. The average molecular weight is 326 g/mol. The fourth-order valence-electron chi connectivity index (χ4n) is 4.09. The monoisotopic (exact) mass is 326 g/mol. The highest BCUT2D eigenvalue weighted by Gasteiger charge is 2.16. The zero-order valence-electron chi connectivity index (χ0n) is 14.3. The first kappa shape index (κ1) is 15.9. The van der Waals surface area contributed by atoms with E-state index in [9.17, 15) is 4.79 Å². The highest BCUT2D eigenvalue weighted by molar-refractivity contribution is 5.84. The number of aryl methyl sites for hydroxylation is 2. The Morgan fingerprint density at radius 2 is 1.88 bits per heavy atom. The van der Waals surface area contributed by atoms with Crippen LogP contribution in [0.15, 0.2) is 23.0 Å². The van der Waals surface area contributed by atoms with Gasteiger partial charge in [0.15, 0.2) is 0 Å². The van der Waals surface area contributed by atoms with Gasteiger partial charge in [0.25, 0.3) is 5.56 Å². The Bertz CT molecular complexity index is 775. The fraction of sp³-hybridized carbons (Fsp3) is 0.550. The van der Waals surface area contributed by atoms with Gasteiger partial charge in [-0.15, -0.1) is 0 Å². The summed E-state index contributed by atoms with van der Waals surface area (Å²) in [5.74, 6) is 0. The standard InChI is InChI=1S/C20H26N2O2/c23-20-17-6-2-1-5-16(17)18-14-15(7-8-19(18)21-20)4-3-9-22-10-12-24-13-11-22/h7-8,14H,1-6,9-13H2,(H,21,23). The molecule has 2 heterocycles. The van der Waals surface area contributed by atoms with Gasteiger partial charge < -0.3 is 9.72 Å². The Morgan fingerprint density at radius 3 is 2.71 bits per heavy atom. The molecule has 4 rings (SSSR count). The zero-order valence-corrected chi connectivity index (χ0v) is 14.3. The summed E-state index contributed by atoms with van der Waals surface area (Å²) in [6, 6.07) is 6.58. The minimum atomic E-state index is 0.122. The quantitative estimate of drug-likeness (QED) is 0.939. The number of aromatic amines is 1. The normalized spacial score (nSPS) is 18.7. The lowest BCUT2D eigenvalue weighted by Crippen LogP contribution is -2.36. The third-order valence-electron chi connectivity index (χ3n) is 5.44. The molecular formula is C20H26N2O2. The van der Waals surface area contributed by atoms with Crippen molar-refractivity contribution in [2.45, 2.75) is 38.5 Å². The number of ether oxygens (including phenoxy) is 1. The first-order valence-electron chi connectivity index (χ1n) is 9.28. The molecule has 1 aliphatic carbocycles. The number of hydrogen-bond acceptors (Lipinski definition) is 3. The molecule has 128 valence electrons. The number of nitrogens with one attached hydrogen (secondary N) is 1. The zero-order chi connectivity index (χ0) is 16.4. The van der Waals surface area contributed by atoms with Crippen LogP contribution >= 0.6 is 0 Å². The van der Waals surface area contributed by atoms with Gasteiger partial charge in [0.05, 0.1) is 13.2 Å². The Morgan fingerprint density at radius 1 is 1.08 bits per heavy atom. The molecule has 0 radical (unpaired) electrons. The Kier molecular flexibility index (Phi) is 4.67. The third-order valence-corrected chi connectivity index (χ3v) is 5.44. The molecule has 2 aromatic rings. The number of rotatable bonds is 4. The Hall–Kier alpha value is -1.65. The van der Waals surface area contributed by atoms with Crippen LogP contribution in [0.4, 0.5) is 0 Å². The summed E-state index contributed by atoms with van der Waals surface area (Å²) in [5.41, 5.74) is 4.83. The van der Waals surface area contributed by atoms with Gasteiger partial charge in [-0.3, -0.25) is 9.69 Å². The van der Waals surface area contributed by atoms with Crippen LogP contribution in [0.3, 0.4) is 0 Å². The van der Waals surface area contributed by atoms with Gasteiger partial charge in [0.2, 0.25) is 0 Å². The van der Waals surface area contributed by atoms with Gasteiger partial charge in [-0.1, -0.05) is 6.07 Å². The number of H-pyrrole nitrogens is 1. The molecule has 0 saturated carbocycles. The second-order valence-electron chi connectivity index (χ2n) is 7.06. The number of benzene rings is 1. The van der Waals surface area contributed by atoms with E-state index >= 15 is 0 Å². The van der Waals surface area contributed by atoms with Gasteiger partial charge in [0, 0.05) is 29.6 Å². The summed E-state index contributed by atoms with van der Waals surface area (Å²) < 4.78 is 5.40. The highest BCUT2D eigenvalue weighted by atomic mass is 16.5. The van der Waals surface area contributed by atoms with Crippen molar-refractivity contribution in [1.82, 2.24) is 9.88 Å². The summed E-state index contributed by atoms with van der Waals surface area (Å²) in [4.78, 5) is 17.8. The molecule has 1 saturated heterocycles. The largest absolute Gasteiger partial charge is 0.379 e. The summed E-state index contributed by atoms with van der Waals surface area (Å²) in [6.07, 6.45) is 6.60. The lowest BCUT2D eigenvalue weighted by molar-refractivity contribution is 0.0375. The van der Waals surface area contributed by atoms with Crippen LogP contribution in [0.1, 0.15) is 36.0 Å². The minimum Gasteiger partial charge on any atom is -0.379 e. The summed E-state index contributed by atoms with van der Waals surface area (Å²) in [7, 11) is 0. The van der Waals surface area contributed by atoms with Gasteiger partial charge in [-0.05, 0) is 68.3 Å². The third kappa shape index (κ3) is 3.26. The first-order valence-corrected chi connectivity index (χ1v) is 9.28. The van der Waals surface area contributed by atoms with E-state index in [1.165, 1.54) is 29.4 Å². The van der Waals surface area contributed by atoms with E-state index in [0.717, 1.165) is 69.6 Å². The molecule has 1 aromatic carbocycles. The van der Waals surface area contributed by atoms with Crippen LogP contribution in [0.5, 0.6) is 0 Å². The van der Waals surface area contributed by atoms with Crippen LogP contribution in [0.25, 0.3) is 10.9 Å². The molecule has 2 aliphatic rings. The highest BCUT2D eigenvalue weighted by Crippen LogP contribution is 2.26. The molecule has 1 aliphatic heterocycles. The molecule has 0 bridgehead atoms. The Labute approximate surface area is 142 Å². The molecule has 0 unspecified atom stereocenters. The van der Waals surface area contributed by atoms with E-state index in [-0.39, 0.29) is 5.56 Å². The predicted octanol–water partition coefficient (Wildman–Crippen LogP) is 2.67. The molecule has 4 heteroatoms. The second kappa shape index (κ2) is 7.08. The second-order valence-corrected chi connectivity index (χ2v) is 7.06. The van der Waals surface area contributed by atoms with Crippen LogP contribution in [-0.4, -0.2) is 42.7 Å². The van der Waals surface area contributed by atoms with Crippen molar-refractivity contribution in [3.63, 3.8) is 0 Å². The first-order chi connectivity index (χ1) is 11.8. The van der Waals surface area contributed by atoms with Crippen LogP contribution in [0.2, 0.25) is 0 Å². The van der Waals surface area contributed by atoms with Crippen LogP contribution in [0, 0.1) is 0 Å². The topological polar surface area (TPSA) is 45.3 Å². The summed E-state index contributed by atoms with van der Waals surface area (Å²) >= 11 is 0. The molecule has 1 fully saturated rings. The number of morpholine rings is 1. The maximum Gasteiger partial charge on any atom is 0.251 e. The van der Waals surface area contributed by atoms with Gasteiger partial charge in [0.1, 0.15) is 0 Å². The lowest BCUT2D eigenvalue weighted by Gasteiger charge is -2.26. The van der Waals surface area contributed by atoms with E-state index < -0.39 is 0 Å². The number of hydrogen-bond donors (Lipinski definition) is 1. The van der Waals surface area contributed by atoms with Gasteiger partial charge in [-0.2, -0.15) is 0 Å². The molecule has 4 nitrogen and oxygen atoms in total. The van der Waals surface area contributed by atoms with Crippen molar-refractivity contribution in [3.8, 4) is 0 Å². The summed E-state index contributed by atoms with van der Waals surface area (Å²) in [5, 5.41) is 1.27. The predicted molar refractivity (Wildman–Crippen MR) is 96.8 cm³/mol. The van der Waals surface area contributed by atoms with Crippen molar-refractivity contribution in [3.05, 3.63) is 45.2 Å². The van der Waals surface area contributed by atoms with E-state index in [4.69, 9.17) is 4.74 Å². The van der Waals surface area contributed by atoms with Gasteiger partial charge >= 0.3 is 0 Å². The molecule has 0 amide bonds. The minimum absolute atomic E-state index is 0.122. The maximum atomic E-state index is 12.2. The number of fused-ring (bicyclic) bond motifs is 3. The SMILES string of the molecule is O=c1[nH]c2ccc(CCCN3CCOCC3)cc2c2c1CCCC2. The molecule has 0 atom stereocenters. The average Bonchev–Trinajstić information content (AvgIpc) is 2.63. The van der Waals surface area contributed by atoms with E-state index in [2.05, 4.69) is 28.1 Å². The molecule has 0 spiro atoms. The van der Waals surface area contributed by atoms with Crippen LogP contribution in [-0.2, 0) is 24.0 Å². The number of nitrogens with zero attached hydrogens (tertiary/aromatic N) is 1. The van der Waals surface area contributed by atoms with Crippen molar-refractivity contribution < 1.29 is 4.74 Å². The molecule has 1 aromatic heterocycles. The molecule has 24 heavy (non-hydrogen) atoms. The summed E-state index contributed by atoms with van der Waals surface area (Å²) in [6.45, 7) is 5.01. The Balaban J connectivity index is 1.52. The van der Waals surface area contributed by atoms with Gasteiger partial charge in [-0.25, -0.2) is 0 Å². The van der Waals surface area contributed by atoms with Crippen molar-refractivity contribution in [1.29, 1.82) is 0 Å². The molecular weight excluding hydrogens is 300 g/mol. The van der Waals surface area contributed by atoms with E-state index in [1.54, 1.807) is 0 Å². The van der Waals surface area contributed by atoms with Crippen molar-refractivity contribution >= 4 is 10.9 Å². The van der Waals surface area contributed by atoms with E-state index in [1.807, 2.05) is 0 Å². The fourth-order valence-corrected chi connectivity index (χ4v) is 4.09. The van der Waals surface area contributed by atoms with E-state index in [0.29, 0.717) is 0 Å². The van der Waals surface area contributed by atoms with Crippen molar-refractivity contribution in [2.75, 3.05) is 32.8 Å². The number of aromatic nitrogens is 1. The van der Waals surface area contributed by atoms with Crippen molar-refractivity contribution in [2.24, 2.45) is 0 Å². The van der Waals surface area contributed by atoms with Crippen LogP contribution < -0.4 is 5.56 Å². The molecule has 1 N–H and O–H groups in total. The lowest BCUT2D eigenvalue weighted by atomic mass is 9.89. The number of pyridine rings is 1. The maximum absolute atomic E-state index is 12.2.